The highest BCUT2D eigenvalue weighted by atomic mass is 16.2. The van der Waals surface area contributed by atoms with Gasteiger partial charge in [-0.2, -0.15) is 5.26 Å². The number of imide groups is 1. The Morgan fingerprint density at radius 2 is 1.58 bits per heavy atom. The summed E-state index contributed by atoms with van der Waals surface area (Å²) in [7, 11) is 0. The highest BCUT2D eigenvalue weighted by molar-refractivity contribution is 6.34. The van der Waals surface area contributed by atoms with Gasteiger partial charge in [-0.25, -0.2) is 4.90 Å². The Bertz CT molecular complexity index is 783. The third-order valence-electron chi connectivity index (χ3n) is 4.29. The van der Waals surface area contributed by atoms with Gasteiger partial charge in [-0.05, 0) is 42.7 Å². The van der Waals surface area contributed by atoms with Crippen LogP contribution in [0.1, 0.15) is 46.0 Å². The van der Waals surface area contributed by atoms with Crippen LogP contribution in [0.25, 0.3) is 0 Å². The molecule has 0 N–H and O–H groups in total. The van der Waals surface area contributed by atoms with Crippen LogP contribution in [-0.4, -0.2) is 11.8 Å². The van der Waals surface area contributed by atoms with Crippen molar-refractivity contribution in [3.8, 4) is 6.07 Å². The fourth-order valence-electron chi connectivity index (χ4n) is 3.05. The second-order valence-electron chi connectivity index (χ2n) is 5.98. The van der Waals surface area contributed by atoms with Gasteiger partial charge < -0.3 is 0 Å². The number of hydrogen-bond acceptors (Lipinski definition) is 3. The van der Waals surface area contributed by atoms with E-state index >= 15 is 0 Å². The largest absolute Gasteiger partial charge is 0.268 e. The van der Waals surface area contributed by atoms with Crippen molar-refractivity contribution in [1.29, 1.82) is 5.26 Å². The summed E-state index contributed by atoms with van der Waals surface area (Å²) >= 11 is 0. The van der Waals surface area contributed by atoms with E-state index < -0.39 is 0 Å². The molecular weight excluding hydrogens is 300 g/mol. The van der Waals surface area contributed by atoms with Gasteiger partial charge in [0.1, 0.15) is 0 Å². The maximum atomic E-state index is 12.5. The highest BCUT2D eigenvalue weighted by Crippen LogP contribution is 2.28. The van der Waals surface area contributed by atoms with E-state index in [2.05, 4.69) is 13.0 Å². The third kappa shape index (κ3) is 2.81. The van der Waals surface area contributed by atoms with Gasteiger partial charge in [0.2, 0.25) is 0 Å². The zero-order valence-electron chi connectivity index (χ0n) is 13.5. The van der Waals surface area contributed by atoms with Crippen molar-refractivity contribution < 1.29 is 9.59 Å². The van der Waals surface area contributed by atoms with E-state index in [4.69, 9.17) is 5.26 Å². The Balaban J connectivity index is 1.81. The van der Waals surface area contributed by atoms with Crippen molar-refractivity contribution in [2.24, 2.45) is 5.92 Å². The lowest BCUT2D eigenvalue weighted by molar-refractivity contribution is 0.0926. The lowest BCUT2D eigenvalue weighted by Crippen LogP contribution is -2.29. The van der Waals surface area contributed by atoms with E-state index in [9.17, 15) is 9.59 Å². The molecule has 1 aliphatic heterocycles. The number of carbonyl (C=O) groups excluding carboxylic acids is 2. The molecule has 1 aliphatic rings. The molecule has 0 spiro atoms. The van der Waals surface area contributed by atoms with Crippen molar-refractivity contribution in [2.45, 2.75) is 26.2 Å². The molecule has 0 fully saturated rings. The van der Waals surface area contributed by atoms with Crippen LogP contribution in [-0.2, 0) is 6.42 Å². The first kappa shape index (κ1) is 15.9. The van der Waals surface area contributed by atoms with E-state index in [1.165, 1.54) is 4.90 Å². The van der Waals surface area contributed by atoms with Crippen LogP contribution in [0, 0.1) is 17.2 Å². The van der Waals surface area contributed by atoms with E-state index in [0.29, 0.717) is 23.2 Å². The van der Waals surface area contributed by atoms with E-state index in [1.807, 2.05) is 12.1 Å². The summed E-state index contributed by atoms with van der Waals surface area (Å²) in [6.45, 7) is 2.07. The Morgan fingerprint density at radius 1 is 1.00 bits per heavy atom. The van der Waals surface area contributed by atoms with Crippen molar-refractivity contribution in [2.75, 3.05) is 4.90 Å². The monoisotopic (exact) mass is 318 g/mol. The van der Waals surface area contributed by atoms with Crippen molar-refractivity contribution >= 4 is 17.5 Å². The highest BCUT2D eigenvalue weighted by Gasteiger charge is 2.36. The van der Waals surface area contributed by atoms with Gasteiger partial charge in [-0.1, -0.05) is 37.6 Å². The summed E-state index contributed by atoms with van der Waals surface area (Å²) in [5, 5.41) is 9.17. The first-order valence-corrected chi connectivity index (χ1v) is 8.12. The van der Waals surface area contributed by atoms with Crippen LogP contribution in [0.15, 0.2) is 48.5 Å². The van der Waals surface area contributed by atoms with E-state index in [1.54, 1.807) is 36.4 Å². The molecule has 0 saturated heterocycles. The van der Waals surface area contributed by atoms with Crippen molar-refractivity contribution in [3.05, 3.63) is 65.2 Å². The molecule has 0 aliphatic carbocycles. The van der Waals surface area contributed by atoms with Gasteiger partial charge in [0.05, 0.1) is 28.8 Å². The maximum absolute atomic E-state index is 12.5. The summed E-state index contributed by atoms with van der Waals surface area (Å²) in [4.78, 5) is 26.1. The van der Waals surface area contributed by atoms with Crippen molar-refractivity contribution in [1.82, 2.24) is 0 Å². The maximum Gasteiger partial charge on any atom is 0.266 e. The molecule has 0 saturated carbocycles. The van der Waals surface area contributed by atoms with Crippen LogP contribution in [0.4, 0.5) is 5.69 Å². The van der Waals surface area contributed by atoms with Gasteiger partial charge in [-0.15, -0.1) is 0 Å². The zero-order valence-corrected chi connectivity index (χ0v) is 13.5. The number of nitrogens with zero attached hydrogens (tertiary/aromatic N) is 2. The number of carbonyl (C=O) groups is 2. The van der Waals surface area contributed by atoms with E-state index in [-0.39, 0.29) is 17.7 Å². The topological polar surface area (TPSA) is 61.2 Å². The number of fused-ring (bicyclic) bond motifs is 1. The molecule has 1 atom stereocenters. The molecule has 24 heavy (non-hydrogen) atoms. The summed E-state index contributed by atoms with van der Waals surface area (Å²) < 4.78 is 0. The Labute approximate surface area is 141 Å². The molecule has 2 amide bonds. The lowest BCUT2D eigenvalue weighted by atomic mass is 9.96. The summed E-state index contributed by atoms with van der Waals surface area (Å²) in [6.07, 6.45) is 2.54. The molecule has 0 aromatic heterocycles. The van der Waals surface area contributed by atoms with Gasteiger partial charge in [0.25, 0.3) is 11.8 Å². The Hall–Kier alpha value is -2.93. The Morgan fingerprint density at radius 3 is 2.08 bits per heavy atom. The molecule has 3 rings (SSSR count). The summed E-state index contributed by atoms with van der Waals surface area (Å²) in [5.74, 6) is -0.575. The van der Waals surface area contributed by atoms with Gasteiger partial charge >= 0.3 is 0 Å². The van der Waals surface area contributed by atoms with Gasteiger partial charge in [0, 0.05) is 0 Å². The second kappa shape index (κ2) is 6.67. The number of amides is 2. The van der Waals surface area contributed by atoms with Crippen LogP contribution >= 0.6 is 0 Å². The third-order valence-corrected chi connectivity index (χ3v) is 4.29. The average molecular weight is 318 g/mol. The van der Waals surface area contributed by atoms with Crippen molar-refractivity contribution in [3.63, 3.8) is 0 Å². The predicted octanol–water partition coefficient (Wildman–Crippen LogP) is 3.97. The average Bonchev–Trinajstić information content (AvgIpc) is 2.87. The van der Waals surface area contributed by atoms with Crippen LogP contribution in [0.5, 0.6) is 0 Å². The molecule has 120 valence electrons. The predicted molar refractivity (Wildman–Crippen MR) is 91.7 cm³/mol. The molecular formula is C20H18N2O2. The van der Waals surface area contributed by atoms with Crippen LogP contribution in [0.3, 0.4) is 0 Å². The number of hydrogen-bond donors (Lipinski definition) is 0. The molecule has 4 nitrogen and oxygen atoms in total. The van der Waals surface area contributed by atoms with Crippen LogP contribution < -0.4 is 4.90 Å². The molecule has 0 bridgehead atoms. The van der Waals surface area contributed by atoms with E-state index in [0.717, 1.165) is 18.4 Å². The zero-order chi connectivity index (χ0) is 17.1. The first-order chi connectivity index (χ1) is 11.7. The smallest absolute Gasteiger partial charge is 0.266 e. The standard InChI is InChI=1S/C20H18N2O2/c1-2-5-15(13-21)12-14-8-10-16(11-9-14)22-19(23)17-6-3-4-7-18(17)20(22)24/h3-4,6-11,15H,2,5,12H2,1H3. The lowest BCUT2D eigenvalue weighted by Gasteiger charge is -2.15. The second-order valence-corrected chi connectivity index (χ2v) is 5.98. The quantitative estimate of drug-likeness (QED) is 0.784. The SMILES string of the molecule is CCCC(C#N)Cc1ccc(N2C(=O)c3ccccc3C2=O)cc1. The molecule has 4 heteroatoms. The molecule has 2 aromatic carbocycles. The van der Waals surface area contributed by atoms with Crippen LogP contribution in [0.2, 0.25) is 0 Å². The summed E-state index contributed by atoms with van der Waals surface area (Å²) in [6, 6.07) is 16.5. The number of nitriles is 1. The number of benzene rings is 2. The molecule has 1 unspecified atom stereocenters. The van der Waals surface area contributed by atoms with Gasteiger partial charge in [0.15, 0.2) is 0 Å². The minimum Gasteiger partial charge on any atom is -0.268 e. The number of anilines is 1. The summed E-state index contributed by atoms with van der Waals surface area (Å²) in [5.41, 5.74) is 2.49. The normalized spacial score (nSPS) is 14.4. The fraction of sp³-hybridized carbons (Fsp3) is 0.250. The number of rotatable bonds is 5. The fourth-order valence-corrected chi connectivity index (χ4v) is 3.05. The minimum absolute atomic E-state index is 0.000144. The molecule has 1 heterocycles. The molecule has 0 radical (unpaired) electrons. The van der Waals surface area contributed by atoms with Gasteiger partial charge in [-0.3, -0.25) is 9.59 Å². The first-order valence-electron chi connectivity index (χ1n) is 8.12. The Kier molecular flexibility index (Phi) is 4.43. The minimum atomic E-state index is -0.288. The molecule has 2 aromatic rings.